The Morgan fingerprint density at radius 3 is 2.20 bits per heavy atom. The fraction of sp³-hybridized carbons (Fsp3) is 0.111. The maximum absolute atomic E-state index is 10.4. The number of primary amides is 1. The quantitative estimate of drug-likeness (QED) is 0.676. The van der Waals surface area contributed by atoms with Crippen LogP contribution in [0.1, 0.15) is 17.3 Å². The number of nitrogens with two attached hydrogens (primary N) is 1. The van der Waals surface area contributed by atoms with E-state index in [1.54, 1.807) is 6.07 Å². The van der Waals surface area contributed by atoms with E-state index in [9.17, 15) is 9.59 Å². The molecule has 5 nitrogen and oxygen atoms in total. The molecular weight excluding hydrogens is 313 g/mol. The Balaban J connectivity index is 0.000000423. The van der Waals surface area contributed by atoms with Gasteiger partial charge >= 0.3 is 5.97 Å². The normalized spacial score (nSPS) is 8.67. The molecule has 6 heteroatoms. The first-order valence-electron chi connectivity index (χ1n) is 3.82. The highest BCUT2D eigenvalue weighted by Crippen LogP contribution is 2.19. The molecule has 0 saturated carbocycles. The van der Waals surface area contributed by atoms with Crippen molar-refractivity contribution in [3.63, 3.8) is 0 Å². The monoisotopic (exact) mass is 323 g/mol. The van der Waals surface area contributed by atoms with Crippen molar-refractivity contribution in [1.82, 2.24) is 0 Å². The summed E-state index contributed by atoms with van der Waals surface area (Å²) in [6.45, 7) is 1.31. The number of amides is 1. The smallest absolute Gasteiger partial charge is 0.339 e. The minimum atomic E-state index is -1.11. The zero-order valence-corrected chi connectivity index (χ0v) is 10.1. The molecule has 0 aromatic heterocycles. The fourth-order valence-electron chi connectivity index (χ4n) is 0.686. The number of hydrogen-bond acceptors (Lipinski definition) is 3. The number of carbonyl (C=O) groups excluding carboxylic acids is 1. The van der Waals surface area contributed by atoms with E-state index >= 15 is 0 Å². The number of halogens is 1. The van der Waals surface area contributed by atoms with Gasteiger partial charge in [0, 0.05) is 10.5 Å². The molecule has 15 heavy (non-hydrogen) atoms. The largest absolute Gasteiger partial charge is 0.507 e. The number of phenols is 1. The molecule has 82 valence electrons. The van der Waals surface area contributed by atoms with Crippen molar-refractivity contribution in [3.05, 3.63) is 27.3 Å². The van der Waals surface area contributed by atoms with E-state index in [4.69, 9.17) is 10.2 Å². The van der Waals surface area contributed by atoms with E-state index < -0.39 is 5.97 Å². The molecule has 0 aliphatic carbocycles. The minimum absolute atomic E-state index is 0.0644. The zero-order valence-electron chi connectivity index (χ0n) is 7.90. The summed E-state index contributed by atoms with van der Waals surface area (Å²) in [4.78, 5) is 19.6. The summed E-state index contributed by atoms with van der Waals surface area (Å²) >= 11 is 1.99. The van der Waals surface area contributed by atoms with E-state index in [1.807, 2.05) is 22.6 Å². The SMILES string of the molecule is CC(N)=O.O=C(O)c1ccc(I)cc1O. The minimum Gasteiger partial charge on any atom is -0.507 e. The average Bonchev–Trinajstić information content (AvgIpc) is 2.01. The summed E-state index contributed by atoms with van der Waals surface area (Å²) in [7, 11) is 0. The zero-order chi connectivity index (χ0) is 12.0. The Kier molecular flexibility index (Phi) is 5.68. The second kappa shape index (κ2) is 6.23. The highest BCUT2D eigenvalue weighted by molar-refractivity contribution is 14.1. The maximum Gasteiger partial charge on any atom is 0.339 e. The lowest BCUT2D eigenvalue weighted by atomic mass is 10.2. The third-order valence-electron chi connectivity index (χ3n) is 1.19. The summed E-state index contributed by atoms with van der Waals surface area (Å²) in [5, 5.41) is 17.6. The van der Waals surface area contributed by atoms with Gasteiger partial charge in [-0.2, -0.15) is 0 Å². The molecule has 0 aliphatic rings. The molecular formula is C9H10INO4. The molecule has 0 unspecified atom stereocenters. The first kappa shape index (κ1) is 13.7. The average molecular weight is 323 g/mol. The lowest BCUT2D eigenvalue weighted by Gasteiger charge is -1.97. The van der Waals surface area contributed by atoms with Crippen LogP contribution >= 0.6 is 22.6 Å². The fourth-order valence-corrected chi connectivity index (χ4v) is 1.16. The van der Waals surface area contributed by atoms with Crippen LogP contribution in [0.4, 0.5) is 0 Å². The predicted molar refractivity (Wildman–Crippen MR) is 62.7 cm³/mol. The van der Waals surface area contributed by atoms with Gasteiger partial charge in [0.2, 0.25) is 5.91 Å². The van der Waals surface area contributed by atoms with Crippen LogP contribution in [0.2, 0.25) is 0 Å². The molecule has 1 aromatic rings. The Hall–Kier alpha value is -1.31. The molecule has 1 amide bonds. The molecule has 1 rings (SSSR count). The van der Waals surface area contributed by atoms with E-state index in [-0.39, 0.29) is 17.2 Å². The van der Waals surface area contributed by atoms with Crippen molar-refractivity contribution in [2.75, 3.05) is 0 Å². The summed E-state index contributed by atoms with van der Waals surface area (Å²) in [5.74, 6) is -1.64. The van der Waals surface area contributed by atoms with Crippen LogP contribution in [0.5, 0.6) is 5.75 Å². The molecule has 0 saturated heterocycles. The van der Waals surface area contributed by atoms with Crippen molar-refractivity contribution in [2.45, 2.75) is 6.92 Å². The second-order valence-corrected chi connectivity index (χ2v) is 3.82. The third-order valence-corrected chi connectivity index (χ3v) is 1.86. The van der Waals surface area contributed by atoms with E-state index in [0.717, 1.165) is 3.57 Å². The van der Waals surface area contributed by atoms with Gasteiger partial charge in [-0.1, -0.05) is 0 Å². The van der Waals surface area contributed by atoms with Crippen LogP contribution in [0.15, 0.2) is 18.2 Å². The standard InChI is InChI=1S/C7H5IO3.C2H5NO/c8-4-1-2-5(7(10)11)6(9)3-4;1-2(3)4/h1-3,9H,(H,10,11);1H3,(H2,3,4). The molecule has 4 N–H and O–H groups in total. The number of rotatable bonds is 1. The van der Waals surface area contributed by atoms with Crippen molar-refractivity contribution in [3.8, 4) is 5.75 Å². The lowest BCUT2D eigenvalue weighted by molar-refractivity contribution is -0.115. The number of carboxylic acid groups (broad SMARTS) is 1. The topological polar surface area (TPSA) is 101 Å². The number of benzene rings is 1. The predicted octanol–water partition coefficient (Wildman–Crippen LogP) is 1.19. The summed E-state index contributed by atoms with van der Waals surface area (Å²) in [5.41, 5.74) is 4.41. The van der Waals surface area contributed by atoms with Crippen LogP contribution in [0.3, 0.4) is 0 Å². The molecule has 0 radical (unpaired) electrons. The van der Waals surface area contributed by atoms with E-state index in [0.29, 0.717) is 0 Å². The summed E-state index contributed by atoms with van der Waals surface area (Å²) in [6, 6.07) is 4.41. The van der Waals surface area contributed by atoms with Gasteiger partial charge in [-0.3, -0.25) is 4.79 Å². The molecule has 0 heterocycles. The Morgan fingerprint density at radius 2 is 1.87 bits per heavy atom. The Bertz CT molecular complexity index is 374. The van der Waals surface area contributed by atoms with Gasteiger partial charge in [-0.25, -0.2) is 4.79 Å². The maximum atomic E-state index is 10.4. The molecule has 0 bridgehead atoms. The van der Waals surface area contributed by atoms with Crippen LogP contribution in [0.25, 0.3) is 0 Å². The molecule has 0 fully saturated rings. The number of carboxylic acids is 1. The van der Waals surface area contributed by atoms with E-state index in [1.165, 1.54) is 19.1 Å². The Morgan fingerprint density at radius 1 is 1.40 bits per heavy atom. The summed E-state index contributed by atoms with van der Waals surface area (Å²) in [6.07, 6.45) is 0. The van der Waals surface area contributed by atoms with Gasteiger partial charge in [0.05, 0.1) is 0 Å². The van der Waals surface area contributed by atoms with Gasteiger partial charge in [-0.05, 0) is 40.8 Å². The van der Waals surface area contributed by atoms with Crippen LogP contribution in [-0.4, -0.2) is 22.1 Å². The molecule has 0 spiro atoms. The molecule has 1 aromatic carbocycles. The van der Waals surface area contributed by atoms with E-state index in [2.05, 4.69) is 5.73 Å². The number of carbonyl (C=O) groups is 2. The lowest BCUT2D eigenvalue weighted by Crippen LogP contribution is -2.01. The van der Waals surface area contributed by atoms with Gasteiger partial charge < -0.3 is 15.9 Å². The van der Waals surface area contributed by atoms with Crippen molar-refractivity contribution >= 4 is 34.5 Å². The van der Waals surface area contributed by atoms with Gasteiger partial charge in [-0.15, -0.1) is 0 Å². The van der Waals surface area contributed by atoms with Crippen LogP contribution < -0.4 is 5.73 Å². The van der Waals surface area contributed by atoms with Gasteiger partial charge in [0.1, 0.15) is 11.3 Å². The number of hydrogen-bond donors (Lipinski definition) is 3. The van der Waals surface area contributed by atoms with Crippen molar-refractivity contribution in [2.24, 2.45) is 5.73 Å². The van der Waals surface area contributed by atoms with Crippen molar-refractivity contribution in [1.29, 1.82) is 0 Å². The van der Waals surface area contributed by atoms with Crippen LogP contribution in [-0.2, 0) is 4.79 Å². The third kappa shape index (κ3) is 5.89. The number of aromatic hydroxyl groups is 1. The number of aromatic carboxylic acids is 1. The second-order valence-electron chi connectivity index (χ2n) is 2.58. The summed E-state index contributed by atoms with van der Waals surface area (Å²) < 4.78 is 0.810. The van der Waals surface area contributed by atoms with Crippen molar-refractivity contribution < 1.29 is 19.8 Å². The first-order valence-corrected chi connectivity index (χ1v) is 4.90. The molecule has 0 atom stereocenters. The first-order chi connectivity index (χ1) is 6.84. The van der Waals surface area contributed by atoms with Crippen LogP contribution in [0, 0.1) is 3.57 Å². The van der Waals surface area contributed by atoms with Gasteiger partial charge in [0.15, 0.2) is 0 Å². The highest BCUT2D eigenvalue weighted by atomic mass is 127. The van der Waals surface area contributed by atoms with Gasteiger partial charge in [0.25, 0.3) is 0 Å². The molecule has 0 aliphatic heterocycles. The highest BCUT2D eigenvalue weighted by Gasteiger charge is 2.07. The Labute approximate surface area is 100 Å².